The summed E-state index contributed by atoms with van der Waals surface area (Å²) in [5.41, 5.74) is 0.551. The number of nitrogens with one attached hydrogen (secondary N) is 1. The van der Waals surface area contributed by atoms with Crippen LogP contribution in [0.15, 0.2) is 12.4 Å². The van der Waals surface area contributed by atoms with Gasteiger partial charge in [0.05, 0.1) is 17.8 Å². The molecule has 1 saturated heterocycles. The molecule has 1 aliphatic rings. The number of alkyl halides is 3. The van der Waals surface area contributed by atoms with Gasteiger partial charge in [-0.2, -0.15) is 18.3 Å². The van der Waals surface area contributed by atoms with E-state index in [-0.39, 0.29) is 32.0 Å². The molecule has 0 saturated carbocycles. The number of halogens is 3. The molecule has 0 atom stereocenters. The van der Waals surface area contributed by atoms with Crippen LogP contribution in [0.3, 0.4) is 0 Å². The Morgan fingerprint density at radius 1 is 1.45 bits per heavy atom. The van der Waals surface area contributed by atoms with E-state index in [0.717, 1.165) is 0 Å². The van der Waals surface area contributed by atoms with Gasteiger partial charge in [0.25, 0.3) is 0 Å². The molecule has 2 rings (SSSR count). The summed E-state index contributed by atoms with van der Waals surface area (Å²) in [6.07, 6.45) is -1.04. The number of aryl methyl sites for hydroxylation is 1. The highest BCUT2D eigenvalue weighted by Gasteiger charge is 2.41. The zero-order chi connectivity index (χ0) is 14.8. The third-order valence-corrected chi connectivity index (χ3v) is 3.45. The summed E-state index contributed by atoms with van der Waals surface area (Å²) in [6, 6.07) is -0.374. The lowest BCUT2D eigenvalue weighted by Gasteiger charge is -2.32. The van der Waals surface area contributed by atoms with Crippen LogP contribution in [0.1, 0.15) is 19.8 Å². The Kier molecular flexibility index (Phi) is 4.20. The molecule has 1 fully saturated rings. The Bertz CT molecular complexity index is 464. The molecule has 112 valence electrons. The number of piperidine rings is 1. The minimum atomic E-state index is -4.16. The van der Waals surface area contributed by atoms with Crippen LogP contribution in [-0.2, 0) is 6.54 Å². The van der Waals surface area contributed by atoms with Gasteiger partial charge < -0.3 is 10.2 Å². The summed E-state index contributed by atoms with van der Waals surface area (Å²) in [5, 5.41) is 6.65. The van der Waals surface area contributed by atoms with Crippen molar-refractivity contribution < 1.29 is 18.0 Å². The molecular formula is C12H17F3N4O. The van der Waals surface area contributed by atoms with E-state index in [4.69, 9.17) is 0 Å². The van der Waals surface area contributed by atoms with Crippen molar-refractivity contribution in [3.05, 3.63) is 12.4 Å². The number of carbonyl (C=O) groups is 1. The van der Waals surface area contributed by atoms with Crippen molar-refractivity contribution in [3.63, 3.8) is 0 Å². The van der Waals surface area contributed by atoms with Crippen LogP contribution in [0.25, 0.3) is 0 Å². The fraction of sp³-hybridized carbons (Fsp3) is 0.667. The lowest BCUT2D eigenvalue weighted by atomic mass is 9.96. The minimum absolute atomic E-state index is 0.0366. The van der Waals surface area contributed by atoms with Gasteiger partial charge in [-0.15, -0.1) is 0 Å². The zero-order valence-corrected chi connectivity index (χ0v) is 11.2. The van der Waals surface area contributed by atoms with Crippen LogP contribution in [0, 0.1) is 5.92 Å². The largest absolute Gasteiger partial charge is 0.391 e. The number of hydrogen-bond donors (Lipinski definition) is 1. The molecule has 1 aromatic rings. The average Bonchev–Trinajstić information content (AvgIpc) is 2.85. The smallest absolute Gasteiger partial charge is 0.325 e. The van der Waals surface area contributed by atoms with Crippen molar-refractivity contribution in [2.45, 2.75) is 32.5 Å². The summed E-state index contributed by atoms with van der Waals surface area (Å²) >= 11 is 0. The summed E-state index contributed by atoms with van der Waals surface area (Å²) in [4.78, 5) is 13.3. The Labute approximate surface area is 114 Å². The average molecular weight is 290 g/mol. The molecule has 0 spiro atoms. The zero-order valence-electron chi connectivity index (χ0n) is 11.2. The van der Waals surface area contributed by atoms with Gasteiger partial charge in [-0.05, 0) is 19.8 Å². The molecule has 5 nitrogen and oxygen atoms in total. The van der Waals surface area contributed by atoms with E-state index in [0.29, 0.717) is 12.2 Å². The van der Waals surface area contributed by atoms with Crippen LogP contribution in [0.5, 0.6) is 0 Å². The van der Waals surface area contributed by atoms with Crippen molar-refractivity contribution >= 4 is 11.7 Å². The Morgan fingerprint density at radius 2 is 2.10 bits per heavy atom. The van der Waals surface area contributed by atoms with E-state index < -0.39 is 12.1 Å². The van der Waals surface area contributed by atoms with Gasteiger partial charge in [0.2, 0.25) is 0 Å². The van der Waals surface area contributed by atoms with Crippen LogP contribution in [0.2, 0.25) is 0 Å². The first-order valence-electron chi connectivity index (χ1n) is 6.55. The number of hydrogen-bond acceptors (Lipinski definition) is 2. The predicted octanol–water partition coefficient (Wildman–Crippen LogP) is 2.71. The van der Waals surface area contributed by atoms with Crippen LogP contribution < -0.4 is 5.32 Å². The first kappa shape index (κ1) is 14.7. The number of rotatable bonds is 2. The summed E-state index contributed by atoms with van der Waals surface area (Å²) in [6.45, 7) is 2.85. The quantitative estimate of drug-likeness (QED) is 0.910. The molecule has 0 bridgehead atoms. The predicted molar refractivity (Wildman–Crippen MR) is 67.3 cm³/mol. The second-order valence-corrected chi connectivity index (χ2v) is 4.82. The SMILES string of the molecule is CCn1cc(NC(=O)N2CCC(C(F)(F)F)CC2)cn1. The highest BCUT2D eigenvalue weighted by atomic mass is 19.4. The molecule has 8 heteroatoms. The number of likely N-dealkylation sites (tertiary alicyclic amines) is 1. The molecule has 0 unspecified atom stereocenters. The van der Waals surface area contributed by atoms with E-state index in [9.17, 15) is 18.0 Å². The number of urea groups is 1. The van der Waals surface area contributed by atoms with Gasteiger partial charge in [-0.1, -0.05) is 0 Å². The molecule has 20 heavy (non-hydrogen) atoms. The van der Waals surface area contributed by atoms with Crippen molar-refractivity contribution in [2.24, 2.45) is 5.92 Å². The van der Waals surface area contributed by atoms with E-state index in [1.807, 2.05) is 6.92 Å². The van der Waals surface area contributed by atoms with Crippen molar-refractivity contribution in [1.29, 1.82) is 0 Å². The van der Waals surface area contributed by atoms with E-state index in [2.05, 4.69) is 10.4 Å². The van der Waals surface area contributed by atoms with E-state index in [1.54, 1.807) is 10.9 Å². The van der Waals surface area contributed by atoms with Crippen molar-refractivity contribution in [2.75, 3.05) is 18.4 Å². The molecule has 1 N–H and O–H groups in total. The van der Waals surface area contributed by atoms with Gasteiger partial charge in [-0.3, -0.25) is 4.68 Å². The maximum absolute atomic E-state index is 12.5. The fourth-order valence-electron chi connectivity index (χ4n) is 2.21. The monoisotopic (exact) mass is 290 g/mol. The molecule has 2 heterocycles. The third kappa shape index (κ3) is 3.43. The summed E-state index contributed by atoms with van der Waals surface area (Å²) in [7, 11) is 0. The molecule has 0 radical (unpaired) electrons. The molecule has 1 aromatic heterocycles. The van der Waals surface area contributed by atoms with Gasteiger partial charge >= 0.3 is 12.2 Å². The molecule has 2 amide bonds. The molecule has 0 aliphatic carbocycles. The molecule has 0 aromatic carbocycles. The van der Waals surface area contributed by atoms with Gasteiger partial charge in [0.15, 0.2) is 0 Å². The number of carbonyl (C=O) groups excluding carboxylic acids is 1. The first-order valence-corrected chi connectivity index (χ1v) is 6.55. The van der Waals surface area contributed by atoms with Crippen LogP contribution in [-0.4, -0.2) is 40.0 Å². The summed E-state index contributed by atoms with van der Waals surface area (Å²) in [5.74, 6) is -1.30. The lowest BCUT2D eigenvalue weighted by Crippen LogP contribution is -2.43. The van der Waals surface area contributed by atoms with Crippen LogP contribution in [0.4, 0.5) is 23.7 Å². The molecular weight excluding hydrogens is 273 g/mol. The third-order valence-electron chi connectivity index (χ3n) is 3.45. The van der Waals surface area contributed by atoms with Gasteiger partial charge in [0, 0.05) is 25.8 Å². The standard InChI is InChI=1S/C12H17F3N4O/c1-2-19-8-10(7-16-19)17-11(20)18-5-3-9(4-6-18)12(13,14)15/h7-9H,2-6H2,1H3,(H,17,20). The Hall–Kier alpha value is -1.73. The Balaban J connectivity index is 1.86. The van der Waals surface area contributed by atoms with Crippen LogP contribution >= 0.6 is 0 Å². The highest BCUT2D eigenvalue weighted by molar-refractivity contribution is 5.89. The highest BCUT2D eigenvalue weighted by Crippen LogP contribution is 2.34. The fourth-order valence-corrected chi connectivity index (χ4v) is 2.21. The van der Waals surface area contributed by atoms with E-state index >= 15 is 0 Å². The lowest BCUT2D eigenvalue weighted by molar-refractivity contribution is -0.183. The second-order valence-electron chi connectivity index (χ2n) is 4.82. The maximum atomic E-state index is 12.5. The van der Waals surface area contributed by atoms with Gasteiger partial charge in [-0.25, -0.2) is 4.79 Å². The van der Waals surface area contributed by atoms with Crippen molar-refractivity contribution in [1.82, 2.24) is 14.7 Å². The number of amides is 2. The Morgan fingerprint density at radius 3 is 2.60 bits per heavy atom. The van der Waals surface area contributed by atoms with Crippen molar-refractivity contribution in [3.8, 4) is 0 Å². The number of aromatic nitrogens is 2. The minimum Gasteiger partial charge on any atom is -0.325 e. The second kappa shape index (κ2) is 5.72. The summed E-state index contributed by atoms with van der Waals surface area (Å²) < 4.78 is 39.2. The number of nitrogens with zero attached hydrogens (tertiary/aromatic N) is 3. The topological polar surface area (TPSA) is 50.2 Å². The number of anilines is 1. The normalized spacial score (nSPS) is 17.3. The maximum Gasteiger partial charge on any atom is 0.391 e. The molecule has 1 aliphatic heterocycles. The first-order chi connectivity index (χ1) is 9.40. The van der Waals surface area contributed by atoms with E-state index in [1.165, 1.54) is 11.1 Å². The van der Waals surface area contributed by atoms with Gasteiger partial charge in [0.1, 0.15) is 0 Å².